The van der Waals surface area contributed by atoms with E-state index in [1.54, 1.807) is 43.3 Å². The number of nitrogens with zero attached hydrogens (tertiary/aromatic N) is 1. The average molecular weight is 375 g/mol. The van der Waals surface area contributed by atoms with E-state index in [4.69, 9.17) is 4.74 Å². The molecule has 1 aliphatic carbocycles. The van der Waals surface area contributed by atoms with E-state index in [0.717, 1.165) is 0 Å². The van der Waals surface area contributed by atoms with Crippen LogP contribution in [-0.2, 0) is 9.59 Å². The molecule has 2 aromatic carbocycles. The number of ketones is 1. The van der Waals surface area contributed by atoms with Gasteiger partial charge in [-0.2, -0.15) is 0 Å². The zero-order valence-corrected chi connectivity index (χ0v) is 15.6. The Morgan fingerprint density at radius 3 is 2.07 bits per heavy atom. The third-order valence-electron chi connectivity index (χ3n) is 5.34. The molecule has 1 aliphatic heterocycles. The Hall–Kier alpha value is -3.21. The van der Waals surface area contributed by atoms with Crippen LogP contribution in [-0.4, -0.2) is 23.7 Å². The minimum atomic E-state index is -0.641. The van der Waals surface area contributed by atoms with Crippen molar-refractivity contribution in [2.24, 2.45) is 11.8 Å². The van der Waals surface area contributed by atoms with Gasteiger partial charge in [-0.15, -0.1) is 0 Å². The lowest BCUT2D eigenvalue weighted by Gasteiger charge is -2.17. The molecule has 0 spiro atoms. The highest BCUT2D eigenvalue weighted by Crippen LogP contribution is 2.38. The van der Waals surface area contributed by atoms with Crippen LogP contribution in [0.4, 0.5) is 5.69 Å². The summed E-state index contributed by atoms with van der Waals surface area (Å²) in [5.74, 6) is -0.375. The maximum absolute atomic E-state index is 12.7. The van der Waals surface area contributed by atoms with Crippen molar-refractivity contribution in [2.45, 2.75) is 25.9 Å². The van der Waals surface area contributed by atoms with Crippen LogP contribution in [0.25, 0.3) is 0 Å². The second-order valence-electron chi connectivity index (χ2n) is 7.15. The number of anilines is 1. The van der Waals surface area contributed by atoms with E-state index in [1.807, 2.05) is 30.4 Å². The highest BCUT2D eigenvalue weighted by atomic mass is 16.5. The van der Waals surface area contributed by atoms with Crippen LogP contribution >= 0.6 is 0 Å². The fourth-order valence-corrected chi connectivity index (χ4v) is 3.82. The Balaban J connectivity index is 1.46. The summed E-state index contributed by atoms with van der Waals surface area (Å²) in [7, 11) is 0. The molecule has 5 nitrogen and oxygen atoms in total. The van der Waals surface area contributed by atoms with Crippen LogP contribution in [0, 0.1) is 11.8 Å². The van der Waals surface area contributed by atoms with Crippen molar-refractivity contribution in [1.29, 1.82) is 0 Å². The van der Waals surface area contributed by atoms with Gasteiger partial charge in [-0.05, 0) is 44.0 Å². The zero-order valence-electron chi connectivity index (χ0n) is 15.6. The largest absolute Gasteiger partial charge is 0.483 e. The third kappa shape index (κ3) is 3.24. The smallest absolute Gasteiger partial charge is 0.238 e. The van der Waals surface area contributed by atoms with Gasteiger partial charge in [0.05, 0.1) is 17.5 Å². The maximum Gasteiger partial charge on any atom is 0.238 e. The number of carbonyl (C=O) groups excluding carboxylic acids is 3. The van der Waals surface area contributed by atoms with E-state index >= 15 is 0 Å². The van der Waals surface area contributed by atoms with Crippen molar-refractivity contribution in [3.63, 3.8) is 0 Å². The zero-order chi connectivity index (χ0) is 19.7. The number of allylic oxidation sites excluding steroid dienone is 2. The lowest BCUT2D eigenvalue weighted by atomic mass is 9.85. The molecule has 2 aliphatic rings. The number of fused-ring (bicyclic) bond motifs is 1. The Bertz CT molecular complexity index is 907. The second-order valence-corrected chi connectivity index (χ2v) is 7.15. The first-order valence-electron chi connectivity index (χ1n) is 9.45. The molecule has 28 heavy (non-hydrogen) atoms. The molecule has 0 unspecified atom stereocenters. The summed E-state index contributed by atoms with van der Waals surface area (Å²) in [6.07, 6.45) is 4.53. The van der Waals surface area contributed by atoms with Crippen molar-refractivity contribution in [1.82, 2.24) is 0 Å². The first-order valence-corrected chi connectivity index (χ1v) is 9.45. The van der Waals surface area contributed by atoms with E-state index in [2.05, 4.69) is 0 Å². The van der Waals surface area contributed by atoms with Gasteiger partial charge in [0, 0.05) is 5.56 Å². The van der Waals surface area contributed by atoms with Crippen LogP contribution in [0.5, 0.6) is 5.75 Å². The van der Waals surface area contributed by atoms with Crippen molar-refractivity contribution in [2.75, 3.05) is 4.90 Å². The Morgan fingerprint density at radius 2 is 1.50 bits per heavy atom. The molecule has 1 heterocycles. The molecule has 0 aromatic heterocycles. The normalized spacial score (nSPS) is 22.1. The van der Waals surface area contributed by atoms with Crippen molar-refractivity contribution in [3.8, 4) is 5.75 Å². The van der Waals surface area contributed by atoms with E-state index in [1.165, 1.54) is 4.90 Å². The molecule has 0 radical (unpaired) electrons. The van der Waals surface area contributed by atoms with Gasteiger partial charge >= 0.3 is 0 Å². The Morgan fingerprint density at radius 1 is 0.929 bits per heavy atom. The van der Waals surface area contributed by atoms with Crippen molar-refractivity contribution in [3.05, 3.63) is 72.3 Å². The number of amides is 2. The fourth-order valence-electron chi connectivity index (χ4n) is 3.82. The van der Waals surface area contributed by atoms with Crippen LogP contribution in [0.3, 0.4) is 0 Å². The van der Waals surface area contributed by atoms with E-state index in [0.29, 0.717) is 29.8 Å². The standard InChI is InChI=1S/C23H21NO4/c1-15(21(25)16-7-3-2-4-8-16)28-18-13-11-17(12-14-18)24-22(26)19-9-5-6-10-20(19)23(24)27/h2-8,11-15,19-20H,9-10H2,1H3/t15-,19-,20+/m1/s1. The van der Waals surface area contributed by atoms with Gasteiger partial charge in [-0.3, -0.25) is 19.3 Å². The fraction of sp³-hybridized carbons (Fsp3) is 0.261. The molecular formula is C23H21NO4. The average Bonchev–Trinajstić information content (AvgIpc) is 2.99. The molecule has 1 saturated heterocycles. The van der Waals surface area contributed by atoms with Crippen LogP contribution in [0.15, 0.2) is 66.7 Å². The Kier molecular flexibility index (Phi) is 4.82. The number of benzene rings is 2. The predicted octanol–water partition coefficient (Wildman–Crippen LogP) is 3.79. The molecule has 3 atom stereocenters. The molecule has 0 bridgehead atoms. The number of Topliss-reactive ketones (excluding diaryl/α,β-unsaturated/α-hetero) is 1. The van der Waals surface area contributed by atoms with E-state index in [9.17, 15) is 14.4 Å². The molecule has 0 N–H and O–H groups in total. The molecule has 0 saturated carbocycles. The summed E-state index contributed by atoms with van der Waals surface area (Å²) in [5, 5.41) is 0. The number of hydrogen-bond acceptors (Lipinski definition) is 4. The van der Waals surface area contributed by atoms with Gasteiger partial charge in [0.1, 0.15) is 5.75 Å². The molecular weight excluding hydrogens is 354 g/mol. The third-order valence-corrected chi connectivity index (χ3v) is 5.34. The van der Waals surface area contributed by atoms with E-state index < -0.39 is 6.10 Å². The van der Waals surface area contributed by atoms with Gasteiger partial charge in [0.25, 0.3) is 0 Å². The number of ether oxygens (including phenoxy) is 1. The number of imide groups is 1. The van der Waals surface area contributed by atoms with Crippen LogP contribution in [0.2, 0.25) is 0 Å². The molecule has 4 rings (SSSR count). The van der Waals surface area contributed by atoms with E-state index in [-0.39, 0.29) is 29.4 Å². The quantitative estimate of drug-likeness (QED) is 0.453. The predicted molar refractivity (Wildman–Crippen MR) is 105 cm³/mol. The van der Waals surface area contributed by atoms with Gasteiger partial charge in [0.15, 0.2) is 6.10 Å². The van der Waals surface area contributed by atoms with Crippen molar-refractivity contribution >= 4 is 23.3 Å². The van der Waals surface area contributed by atoms with Crippen LogP contribution in [0.1, 0.15) is 30.1 Å². The highest BCUT2D eigenvalue weighted by molar-refractivity contribution is 6.22. The second kappa shape index (κ2) is 7.43. The maximum atomic E-state index is 12.7. The summed E-state index contributed by atoms with van der Waals surface area (Å²) in [5.41, 5.74) is 1.13. The van der Waals surface area contributed by atoms with Gasteiger partial charge in [-0.1, -0.05) is 42.5 Å². The first-order chi connectivity index (χ1) is 13.6. The summed E-state index contributed by atoms with van der Waals surface area (Å²) in [6, 6.07) is 15.7. The topological polar surface area (TPSA) is 63.7 Å². The Labute approximate surface area is 163 Å². The number of rotatable bonds is 5. The molecule has 2 aromatic rings. The van der Waals surface area contributed by atoms with Crippen LogP contribution < -0.4 is 9.64 Å². The lowest BCUT2D eigenvalue weighted by Crippen LogP contribution is -2.30. The molecule has 1 fully saturated rings. The SMILES string of the molecule is C[C@@H](Oc1ccc(N2C(=O)[C@H]3CC=CC[C@H]3C2=O)cc1)C(=O)c1ccccc1. The van der Waals surface area contributed by atoms with Gasteiger partial charge < -0.3 is 4.74 Å². The first kappa shape index (κ1) is 18.2. The monoisotopic (exact) mass is 375 g/mol. The summed E-state index contributed by atoms with van der Waals surface area (Å²) in [6.45, 7) is 1.70. The summed E-state index contributed by atoms with van der Waals surface area (Å²) in [4.78, 5) is 39.0. The highest BCUT2D eigenvalue weighted by Gasteiger charge is 2.47. The number of hydrogen-bond donors (Lipinski definition) is 0. The molecule has 142 valence electrons. The summed E-state index contributed by atoms with van der Waals surface area (Å²) >= 11 is 0. The minimum absolute atomic E-state index is 0.105. The number of carbonyl (C=O) groups is 3. The summed E-state index contributed by atoms with van der Waals surface area (Å²) < 4.78 is 5.75. The van der Waals surface area contributed by atoms with Gasteiger partial charge in [-0.25, -0.2) is 0 Å². The molecule has 2 amide bonds. The van der Waals surface area contributed by atoms with Crippen molar-refractivity contribution < 1.29 is 19.1 Å². The molecule has 5 heteroatoms. The lowest BCUT2D eigenvalue weighted by molar-refractivity contribution is -0.122. The minimum Gasteiger partial charge on any atom is -0.483 e. The van der Waals surface area contributed by atoms with Gasteiger partial charge in [0.2, 0.25) is 17.6 Å².